The monoisotopic (exact) mass is 374 g/mol. The Balaban J connectivity index is 1.89. The number of H-pyrrole nitrogens is 1. The molecule has 1 aliphatic carbocycles. The highest BCUT2D eigenvalue weighted by Crippen LogP contribution is 2.48. The van der Waals surface area contributed by atoms with E-state index < -0.39 is 22.7 Å². The summed E-state index contributed by atoms with van der Waals surface area (Å²) in [6.07, 6.45) is 2.84. The van der Waals surface area contributed by atoms with Crippen LogP contribution in [0, 0.1) is 5.92 Å². The largest absolute Gasteiger partial charge is 0.390 e. The molecule has 0 saturated heterocycles. The molecule has 2 unspecified atom stereocenters. The highest BCUT2D eigenvalue weighted by Gasteiger charge is 2.49. The van der Waals surface area contributed by atoms with Crippen molar-refractivity contribution in [3.8, 4) is 0 Å². The van der Waals surface area contributed by atoms with Gasteiger partial charge in [0.1, 0.15) is 0 Å². The van der Waals surface area contributed by atoms with Crippen molar-refractivity contribution in [3.63, 3.8) is 0 Å². The fourth-order valence-electron chi connectivity index (χ4n) is 4.40. The van der Waals surface area contributed by atoms with E-state index in [4.69, 9.17) is 11.6 Å². The molecule has 0 saturated carbocycles. The fourth-order valence-corrected chi connectivity index (χ4v) is 4.89. The number of alkyl halides is 2. The predicted molar refractivity (Wildman–Crippen MR) is 105 cm³/mol. The first-order chi connectivity index (χ1) is 12.1. The first kappa shape index (κ1) is 17.6. The van der Waals surface area contributed by atoms with Crippen molar-refractivity contribution in [2.75, 3.05) is 0 Å². The van der Waals surface area contributed by atoms with Gasteiger partial charge in [0.05, 0.1) is 28.2 Å². The van der Waals surface area contributed by atoms with E-state index in [1.807, 2.05) is 51.2 Å². The number of halogens is 2. The van der Waals surface area contributed by atoms with E-state index in [2.05, 4.69) is 10.3 Å². The molecular formula is C21H24ClFN2O. The van der Waals surface area contributed by atoms with Crippen LogP contribution in [-0.2, 0) is 0 Å². The van der Waals surface area contributed by atoms with E-state index in [-0.39, 0.29) is 5.92 Å². The van der Waals surface area contributed by atoms with Crippen molar-refractivity contribution in [1.82, 2.24) is 10.3 Å². The molecule has 5 heteroatoms. The molecule has 26 heavy (non-hydrogen) atoms. The second-order valence-electron chi connectivity index (χ2n) is 8.20. The van der Waals surface area contributed by atoms with Crippen molar-refractivity contribution in [1.29, 1.82) is 0 Å². The average Bonchev–Trinajstić information content (AvgIpc) is 3.04. The third kappa shape index (κ3) is 2.43. The van der Waals surface area contributed by atoms with E-state index >= 15 is 4.39 Å². The van der Waals surface area contributed by atoms with E-state index in [0.717, 1.165) is 27.6 Å². The smallest absolute Gasteiger partial charge is 0.166 e. The minimum Gasteiger partial charge on any atom is -0.390 e. The van der Waals surface area contributed by atoms with Gasteiger partial charge in [0.2, 0.25) is 0 Å². The molecule has 2 aliphatic rings. The summed E-state index contributed by atoms with van der Waals surface area (Å²) in [7, 11) is 0. The Kier molecular flexibility index (Phi) is 3.80. The molecule has 1 aromatic heterocycles. The molecular weight excluding hydrogens is 351 g/mol. The molecule has 0 radical (unpaired) electrons. The zero-order valence-electron chi connectivity index (χ0n) is 15.4. The van der Waals surface area contributed by atoms with E-state index in [0.29, 0.717) is 5.70 Å². The fraction of sp³-hybridized carbons (Fsp3) is 0.429. The van der Waals surface area contributed by atoms with Crippen LogP contribution in [0.2, 0.25) is 0 Å². The Hall–Kier alpha value is -1.78. The topological polar surface area (TPSA) is 48.0 Å². The number of aliphatic hydroxyl groups is 1. The molecule has 138 valence electrons. The van der Waals surface area contributed by atoms with Gasteiger partial charge in [-0.25, -0.2) is 4.39 Å². The molecule has 0 bridgehead atoms. The van der Waals surface area contributed by atoms with Crippen LogP contribution >= 0.6 is 11.6 Å². The molecule has 0 amide bonds. The molecule has 2 heterocycles. The summed E-state index contributed by atoms with van der Waals surface area (Å²) < 4.78 is 15.7. The number of benzene rings is 1. The number of rotatable bonds is 1. The number of aromatic nitrogens is 1. The molecule has 0 spiro atoms. The van der Waals surface area contributed by atoms with E-state index in [1.54, 1.807) is 13.0 Å². The van der Waals surface area contributed by atoms with Gasteiger partial charge in [0, 0.05) is 17.7 Å². The summed E-state index contributed by atoms with van der Waals surface area (Å²) in [4.78, 5) is 3.24. The summed E-state index contributed by atoms with van der Waals surface area (Å²) in [5.41, 5.74) is 1.51. The zero-order chi connectivity index (χ0) is 18.9. The average molecular weight is 375 g/mol. The first-order valence-corrected chi connectivity index (χ1v) is 9.40. The van der Waals surface area contributed by atoms with Gasteiger partial charge in [-0.05, 0) is 49.4 Å². The molecule has 3 nitrogen and oxygen atoms in total. The van der Waals surface area contributed by atoms with Crippen molar-refractivity contribution >= 4 is 28.1 Å². The number of para-hydroxylation sites is 1. The zero-order valence-corrected chi connectivity index (χ0v) is 16.2. The number of aromatic amines is 1. The maximum Gasteiger partial charge on any atom is 0.166 e. The SMILES string of the molecule is C[C@H]1C2=C(NC(C)(C)[C@@H]1O)C(C)(F)C=C(c1cccc3cc[nH]c13)C2Cl. The lowest BCUT2D eigenvalue weighted by Crippen LogP contribution is -2.60. The maximum absolute atomic E-state index is 15.7. The highest BCUT2D eigenvalue weighted by molar-refractivity contribution is 6.29. The van der Waals surface area contributed by atoms with E-state index in [1.165, 1.54) is 0 Å². The minimum atomic E-state index is -1.68. The number of aliphatic hydroxyl groups excluding tert-OH is 1. The predicted octanol–water partition coefficient (Wildman–Crippen LogP) is 4.53. The van der Waals surface area contributed by atoms with Crippen LogP contribution in [0.3, 0.4) is 0 Å². The second-order valence-corrected chi connectivity index (χ2v) is 8.63. The Morgan fingerprint density at radius 1 is 1.19 bits per heavy atom. The quantitative estimate of drug-likeness (QED) is 0.642. The lowest BCUT2D eigenvalue weighted by atomic mass is 9.71. The Bertz CT molecular complexity index is 940. The molecule has 3 N–H and O–H groups in total. The van der Waals surface area contributed by atoms with Crippen LogP contribution < -0.4 is 5.32 Å². The Labute approximate surface area is 157 Å². The standard InChI is InChI=1S/C21H24ClFN2O/c1-11-15-16(22)14(13-7-5-6-12-8-9-24-17(12)13)10-21(4,23)18(15)25-20(2,3)19(11)26/h5-11,16,19,24-26H,1-4H3/t11-,16?,19+,21?/m0/s1. The van der Waals surface area contributed by atoms with Gasteiger partial charge >= 0.3 is 0 Å². The van der Waals surface area contributed by atoms with Gasteiger partial charge in [-0.15, -0.1) is 11.6 Å². The third-order valence-corrected chi connectivity index (χ3v) is 6.27. The summed E-state index contributed by atoms with van der Waals surface area (Å²) in [6.45, 7) is 7.24. The molecule has 2 aromatic rings. The van der Waals surface area contributed by atoms with E-state index in [9.17, 15) is 5.11 Å². The molecule has 4 rings (SSSR count). The lowest BCUT2D eigenvalue weighted by Gasteiger charge is -2.49. The van der Waals surface area contributed by atoms with Crippen molar-refractivity contribution in [2.24, 2.45) is 5.92 Å². The van der Waals surface area contributed by atoms with Crippen LogP contribution in [0.25, 0.3) is 16.5 Å². The van der Waals surface area contributed by atoms with Crippen LogP contribution in [-0.4, -0.2) is 32.8 Å². The van der Waals surface area contributed by atoms with Crippen LogP contribution in [0.15, 0.2) is 47.8 Å². The van der Waals surface area contributed by atoms with Gasteiger partial charge in [0.15, 0.2) is 5.67 Å². The van der Waals surface area contributed by atoms with Crippen LogP contribution in [0.1, 0.15) is 33.3 Å². The minimum absolute atomic E-state index is 0.245. The number of fused-ring (bicyclic) bond motifs is 1. The third-order valence-electron chi connectivity index (χ3n) is 5.80. The van der Waals surface area contributed by atoms with Gasteiger partial charge < -0.3 is 15.4 Å². The lowest BCUT2D eigenvalue weighted by molar-refractivity contribution is 0.0337. The maximum atomic E-state index is 15.7. The molecule has 4 atom stereocenters. The Morgan fingerprint density at radius 3 is 2.65 bits per heavy atom. The summed E-state index contributed by atoms with van der Waals surface area (Å²) in [5.74, 6) is -0.245. The number of nitrogens with one attached hydrogen (secondary N) is 2. The second kappa shape index (κ2) is 5.61. The van der Waals surface area contributed by atoms with Crippen LogP contribution in [0.5, 0.6) is 0 Å². The van der Waals surface area contributed by atoms with Crippen molar-refractivity contribution in [3.05, 3.63) is 53.4 Å². The van der Waals surface area contributed by atoms with Gasteiger partial charge in [-0.1, -0.05) is 25.1 Å². The molecule has 1 aliphatic heterocycles. The number of hydrogen-bond acceptors (Lipinski definition) is 2. The normalized spacial score (nSPS) is 33.7. The summed E-state index contributed by atoms with van der Waals surface area (Å²) in [6, 6.07) is 7.92. The van der Waals surface area contributed by atoms with Gasteiger partial charge in [0.25, 0.3) is 0 Å². The summed E-state index contributed by atoms with van der Waals surface area (Å²) in [5, 5.41) is 14.5. The van der Waals surface area contributed by atoms with Crippen molar-refractivity contribution in [2.45, 2.75) is 50.4 Å². The van der Waals surface area contributed by atoms with Crippen LogP contribution in [0.4, 0.5) is 4.39 Å². The van der Waals surface area contributed by atoms with Gasteiger partial charge in [-0.3, -0.25) is 0 Å². The first-order valence-electron chi connectivity index (χ1n) is 8.96. The molecule has 1 aromatic carbocycles. The summed E-state index contributed by atoms with van der Waals surface area (Å²) >= 11 is 6.88. The number of hydrogen-bond donors (Lipinski definition) is 3. The van der Waals surface area contributed by atoms with Gasteiger partial charge in [-0.2, -0.15) is 0 Å². The number of allylic oxidation sites excluding steroid dienone is 2. The molecule has 0 fully saturated rings. The highest BCUT2D eigenvalue weighted by atomic mass is 35.5. The van der Waals surface area contributed by atoms with Crippen molar-refractivity contribution < 1.29 is 9.50 Å². The Morgan fingerprint density at radius 2 is 1.92 bits per heavy atom.